The van der Waals surface area contributed by atoms with E-state index in [1.54, 1.807) is 0 Å². The Labute approximate surface area is 127 Å². The fourth-order valence-electron chi connectivity index (χ4n) is 2.20. The predicted octanol–water partition coefficient (Wildman–Crippen LogP) is 4.64. The van der Waals surface area contributed by atoms with Crippen LogP contribution in [0, 0.1) is 0 Å². The van der Waals surface area contributed by atoms with Gasteiger partial charge in [0.2, 0.25) is 0 Å². The molecule has 0 aliphatic carbocycles. The molecule has 0 amide bonds. The van der Waals surface area contributed by atoms with E-state index in [0.717, 1.165) is 42.7 Å². The van der Waals surface area contributed by atoms with Crippen molar-refractivity contribution in [2.45, 2.75) is 59.3 Å². The van der Waals surface area contributed by atoms with Gasteiger partial charge in [-0.2, -0.15) is 0 Å². The van der Waals surface area contributed by atoms with E-state index in [9.17, 15) is 0 Å². The van der Waals surface area contributed by atoms with Gasteiger partial charge in [-0.25, -0.2) is 0 Å². The van der Waals surface area contributed by atoms with Gasteiger partial charge in [0.25, 0.3) is 0 Å². The van der Waals surface area contributed by atoms with Crippen LogP contribution in [-0.2, 0) is 17.9 Å². The van der Waals surface area contributed by atoms with Crippen LogP contribution < -0.4 is 5.32 Å². The zero-order valence-electron chi connectivity index (χ0n) is 13.7. The average molecular weight is 289 g/mol. The lowest BCUT2D eigenvalue weighted by Gasteiger charge is -2.23. The summed E-state index contributed by atoms with van der Waals surface area (Å²) in [5, 5.41) is 4.58. The molecule has 0 fully saturated rings. The van der Waals surface area contributed by atoms with Crippen LogP contribution in [0.2, 0.25) is 0 Å². The minimum Gasteiger partial charge on any atom is -0.459 e. The highest BCUT2D eigenvalue weighted by molar-refractivity contribution is 5.82. The van der Waals surface area contributed by atoms with Gasteiger partial charge in [0.1, 0.15) is 11.3 Å². The molecule has 1 aromatic carbocycles. The van der Waals surface area contributed by atoms with Crippen molar-refractivity contribution in [3.8, 4) is 0 Å². The Bertz CT molecular complexity index is 572. The minimum atomic E-state index is -0.105. The third-order valence-electron chi connectivity index (χ3n) is 3.95. The SMILES string of the molecule is CCCNCc1oc2ccccc2c1COC(C)(C)CC. The molecule has 0 bridgehead atoms. The maximum Gasteiger partial charge on any atom is 0.134 e. The summed E-state index contributed by atoms with van der Waals surface area (Å²) >= 11 is 0. The fraction of sp³-hybridized carbons (Fsp3) is 0.556. The number of nitrogens with one attached hydrogen (secondary N) is 1. The molecule has 21 heavy (non-hydrogen) atoms. The van der Waals surface area contributed by atoms with Crippen molar-refractivity contribution in [3.05, 3.63) is 35.6 Å². The van der Waals surface area contributed by atoms with Crippen LogP contribution in [0.15, 0.2) is 28.7 Å². The molecule has 1 aromatic heterocycles. The van der Waals surface area contributed by atoms with Crippen molar-refractivity contribution in [2.75, 3.05) is 6.54 Å². The van der Waals surface area contributed by atoms with Crippen LogP contribution in [0.25, 0.3) is 11.0 Å². The van der Waals surface area contributed by atoms with Gasteiger partial charge in [0, 0.05) is 10.9 Å². The van der Waals surface area contributed by atoms with Crippen molar-refractivity contribution < 1.29 is 9.15 Å². The summed E-state index contributed by atoms with van der Waals surface area (Å²) in [5.41, 5.74) is 2.02. The highest BCUT2D eigenvalue weighted by Gasteiger charge is 2.19. The second-order valence-corrected chi connectivity index (χ2v) is 6.08. The molecule has 0 atom stereocenters. The molecule has 0 radical (unpaired) electrons. The molecular weight excluding hydrogens is 262 g/mol. The van der Waals surface area contributed by atoms with Crippen LogP contribution in [0.1, 0.15) is 51.9 Å². The number of hydrogen-bond acceptors (Lipinski definition) is 3. The van der Waals surface area contributed by atoms with Gasteiger partial charge in [-0.3, -0.25) is 0 Å². The van der Waals surface area contributed by atoms with E-state index >= 15 is 0 Å². The maximum atomic E-state index is 6.09. The van der Waals surface area contributed by atoms with E-state index in [4.69, 9.17) is 9.15 Å². The summed E-state index contributed by atoms with van der Waals surface area (Å²) in [6, 6.07) is 8.19. The molecule has 1 heterocycles. The van der Waals surface area contributed by atoms with Crippen molar-refractivity contribution in [2.24, 2.45) is 0 Å². The lowest BCUT2D eigenvalue weighted by Crippen LogP contribution is -2.23. The Hall–Kier alpha value is -1.32. The molecule has 0 spiro atoms. The van der Waals surface area contributed by atoms with Gasteiger partial charge < -0.3 is 14.5 Å². The summed E-state index contributed by atoms with van der Waals surface area (Å²) in [6.07, 6.45) is 2.11. The van der Waals surface area contributed by atoms with Crippen molar-refractivity contribution >= 4 is 11.0 Å². The van der Waals surface area contributed by atoms with Crippen LogP contribution in [0.3, 0.4) is 0 Å². The molecular formula is C18H27NO2. The number of furan rings is 1. The Balaban J connectivity index is 2.23. The third-order valence-corrected chi connectivity index (χ3v) is 3.95. The van der Waals surface area contributed by atoms with Crippen LogP contribution in [0.4, 0.5) is 0 Å². The first kappa shape index (κ1) is 16.1. The smallest absolute Gasteiger partial charge is 0.134 e. The van der Waals surface area contributed by atoms with Gasteiger partial charge in [-0.1, -0.05) is 32.0 Å². The van der Waals surface area contributed by atoms with Gasteiger partial charge in [0.15, 0.2) is 0 Å². The Morgan fingerprint density at radius 1 is 1.19 bits per heavy atom. The summed E-state index contributed by atoms with van der Waals surface area (Å²) in [6.45, 7) is 10.9. The quantitative estimate of drug-likeness (QED) is 0.719. The first-order valence-electron chi connectivity index (χ1n) is 7.91. The largest absolute Gasteiger partial charge is 0.459 e. The molecule has 2 aromatic rings. The Morgan fingerprint density at radius 2 is 1.95 bits per heavy atom. The van der Waals surface area contributed by atoms with E-state index < -0.39 is 0 Å². The molecule has 0 saturated carbocycles. The summed E-state index contributed by atoms with van der Waals surface area (Å²) in [7, 11) is 0. The highest BCUT2D eigenvalue weighted by atomic mass is 16.5. The topological polar surface area (TPSA) is 34.4 Å². The van der Waals surface area contributed by atoms with Gasteiger partial charge in [-0.15, -0.1) is 0 Å². The zero-order valence-corrected chi connectivity index (χ0v) is 13.7. The highest BCUT2D eigenvalue weighted by Crippen LogP contribution is 2.28. The van der Waals surface area contributed by atoms with Crippen LogP contribution in [-0.4, -0.2) is 12.1 Å². The first-order valence-corrected chi connectivity index (χ1v) is 7.91. The van der Waals surface area contributed by atoms with Crippen molar-refractivity contribution in [3.63, 3.8) is 0 Å². The Kier molecular flexibility index (Phi) is 5.43. The number of rotatable bonds is 8. The fourth-order valence-corrected chi connectivity index (χ4v) is 2.20. The van der Waals surface area contributed by atoms with Gasteiger partial charge in [0.05, 0.1) is 18.8 Å². The number of hydrogen-bond donors (Lipinski definition) is 1. The lowest BCUT2D eigenvalue weighted by molar-refractivity contribution is -0.0317. The van der Waals surface area contributed by atoms with E-state index in [2.05, 4.69) is 45.1 Å². The molecule has 0 saturated heterocycles. The number of fused-ring (bicyclic) bond motifs is 1. The molecule has 1 N–H and O–H groups in total. The zero-order chi connectivity index (χ0) is 15.3. The van der Waals surface area contributed by atoms with Crippen LogP contribution in [0.5, 0.6) is 0 Å². The van der Waals surface area contributed by atoms with E-state index in [-0.39, 0.29) is 5.60 Å². The van der Waals surface area contributed by atoms with Crippen LogP contribution >= 0.6 is 0 Å². The number of ether oxygens (including phenoxy) is 1. The van der Waals surface area contributed by atoms with Gasteiger partial charge in [-0.05, 0) is 39.3 Å². The summed E-state index contributed by atoms with van der Waals surface area (Å²) in [5.74, 6) is 0.997. The summed E-state index contributed by atoms with van der Waals surface area (Å²) < 4.78 is 12.1. The normalized spacial score (nSPS) is 12.2. The maximum absolute atomic E-state index is 6.09. The third kappa shape index (κ3) is 4.08. The molecule has 0 unspecified atom stereocenters. The molecule has 0 aliphatic rings. The summed E-state index contributed by atoms with van der Waals surface area (Å²) in [4.78, 5) is 0. The van der Waals surface area contributed by atoms with E-state index in [1.165, 1.54) is 5.56 Å². The van der Waals surface area contributed by atoms with Gasteiger partial charge >= 0.3 is 0 Å². The Morgan fingerprint density at radius 3 is 2.67 bits per heavy atom. The minimum absolute atomic E-state index is 0.105. The number of para-hydroxylation sites is 1. The molecule has 3 nitrogen and oxygen atoms in total. The van der Waals surface area contributed by atoms with E-state index in [0.29, 0.717) is 6.61 Å². The molecule has 3 heteroatoms. The lowest BCUT2D eigenvalue weighted by atomic mass is 10.1. The standard InChI is InChI=1S/C18H27NO2/c1-5-11-19-12-17-15(13-20-18(3,4)6-2)14-9-7-8-10-16(14)21-17/h7-10,19H,5-6,11-13H2,1-4H3. The van der Waals surface area contributed by atoms with Crippen molar-refractivity contribution in [1.82, 2.24) is 5.32 Å². The first-order chi connectivity index (χ1) is 10.1. The molecule has 116 valence electrons. The molecule has 0 aliphatic heterocycles. The second kappa shape index (κ2) is 7.10. The average Bonchev–Trinajstić information content (AvgIpc) is 2.83. The van der Waals surface area contributed by atoms with Crippen molar-refractivity contribution in [1.29, 1.82) is 0 Å². The van der Waals surface area contributed by atoms with E-state index in [1.807, 2.05) is 12.1 Å². The monoisotopic (exact) mass is 289 g/mol. The molecule has 2 rings (SSSR count). The predicted molar refractivity (Wildman–Crippen MR) is 87.4 cm³/mol. The number of benzene rings is 1. The second-order valence-electron chi connectivity index (χ2n) is 6.08.